The lowest BCUT2D eigenvalue weighted by molar-refractivity contribution is -0.120. The molecule has 0 radical (unpaired) electrons. The summed E-state index contributed by atoms with van der Waals surface area (Å²) in [5.74, 6) is -0.101. The normalized spacial score (nSPS) is 20.0. The minimum Gasteiger partial charge on any atom is -0.347 e. The molecular weight excluding hydrogens is 276 g/mol. The van der Waals surface area contributed by atoms with Gasteiger partial charge in [-0.1, -0.05) is 28.1 Å². The highest BCUT2D eigenvalue weighted by Gasteiger charge is 2.28. The van der Waals surface area contributed by atoms with Crippen molar-refractivity contribution in [2.24, 2.45) is 0 Å². The molecule has 2 N–H and O–H groups in total. The van der Waals surface area contributed by atoms with Crippen LogP contribution in [0.2, 0.25) is 0 Å². The molecule has 1 unspecified atom stereocenters. The van der Waals surface area contributed by atoms with E-state index in [1.807, 2.05) is 25.1 Å². The molecule has 1 heterocycles. The molecule has 1 aromatic rings. The van der Waals surface area contributed by atoms with Crippen molar-refractivity contribution in [3.8, 4) is 0 Å². The standard InChI is InChI=1S/C10H9BrN2OS/c1-5-2-3-6(4-7(5)11)8-9(14)13-10(15)12-8/h2-4,8H,1H3,(H2,12,13,14,15). The number of rotatable bonds is 1. The van der Waals surface area contributed by atoms with Crippen molar-refractivity contribution in [3.05, 3.63) is 33.8 Å². The average Bonchev–Trinajstić information content (AvgIpc) is 2.50. The third kappa shape index (κ3) is 2.03. The summed E-state index contributed by atoms with van der Waals surface area (Å²) in [6, 6.07) is 5.45. The fourth-order valence-electron chi connectivity index (χ4n) is 1.44. The molecule has 0 aromatic heterocycles. The topological polar surface area (TPSA) is 41.1 Å². The fourth-order valence-corrected chi connectivity index (χ4v) is 2.06. The van der Waals surface area contributed by atoms with Crippen LogP contribution in [0.3, 0.4) is 0 Å². The number of carbonyl (C=O) groups is 1. The Morgan fingerprint density at radius 3 is 2.73 bits per heavy atom. The zero-order chi connectivity index (χ0) is 11.0. The summed E-state index contributed by atoms with van der Waals surface area (Å²) in [5, 5.41) is 5.87. The maximum atomic E-state index is 11.5. The number of nitrogens with one attached hydrogen (secondary N) is 2. The summed E-state index contributed by atoms with van der Waals surface area (Å²) in [6.07, 6.45) is 0. The molecule has 1 aromatic carbocycles. The minimum atomic E-state index is -0.366. The summed E-state index contributed by atoms with van der Waals surface area (Å²) in [4.78, 5) is 11.5. The van der Waals surface area contributed by atoms with Gasteiger partial charge in [0, 0.05) is 4.47 Å². The van der Waals surface area contributed by atoms with Crippen LogP contribution in [0.15, 0.2) is 22.7 Å². The Kier molecular flexibility index (Phi) is 2.75. The van der Waals surface area contributed by atoms with Crippen molar-refractivity contribution in [3.63, 3.8) is 0 Å². The van der Waals surface area contributed by atoms with Crippen LogP contribution in [-0.4, -0.2) is 11.0 Å². The van der Waals surface area contributed by atoms with E-state index in [1.165, 1.54) is 0 Å². The molecule has 78 valence electrons. The van der Waals surface area contributed by atoms with Gasteiger partial charge in [-0.05, 0) is 36.3 Å². The van der Waals surface area contributed by atoms with Crippen LogP contribution in [0, 0.1) is 6.92 Å². The van der Waals surface area contributed by atoms with Gasteiger partial charge >= 0.3 is 0 Å². The van der Waals surface area contributed by atoms with Gasteiger partial charge in [-0.3, -0.25) is 4.79 Å². The second kappa shape index (κ2) is 3.90. The van der Waals surface area contributed by atoms with Crippen molar-refractivity contribution >= 4 is 39.2 Å². The van der Waals surface area contributed by atoms with Crippen molar-refractivity contribution < 1.29 is 4.79 Å². The van der Waals surface area contributed by atoms with E-state index in [1.54, 1.807) is 0 Å². The Morgan fingerprint density at radius 1 is 1.47 bits per heavy atom. The number of benzene rings is 1. The molecular formula is C10H9BrN2OS. The van der Waals surface area contributed by atoms with Crippen LogP contribution in [0.5, 0.6) is 0 Å². The number of amides is 1. The second-order valence-electron chi connectivity index (χ2n) is 3.40. The Labute approximate surface area is 101 Å². The first-order valence-electron chi connectivity index (χ1n) is 4.45. The number of hydrogen-bond donors (Lipinski definition) is 2. The van der Waals surface area contributed by atoms with E-state index in [2.05, 4.69) is 26.6 Å². The quantitative estimate of drug-likeness (QED) is 0.773. The number of carbonyl (C=O) groups excluding carboxylic acids is 1. The molecule has 1 amide bonds. The van der Waals surface area contributed by atoms with Gasteiger partial charge in [0.1, 0.15) is 6.04 Å². The summed E-state index contributed by atoms with van der Waals surface area (Å²) in [5.41, 5.74) is 2.05. The number of aryl methyl sites for hydroxylation is 1. The molecule has 1 aliphatic heterocycles. The molecule has 1 saturated heterocycles. The van der Waals surface area contributed by atoms with E-state index >= 15 is 0 Å². The highest BCUT2D eigenvalue weighted by molar-refractivity contribution is 9.10. The lowest BCUT2D eigenvalue weighted by Gasteiger charge is -2.09. The fraction of sp³-hybridized carbons (Fsp3) is 0.200. The number of hydrogen-bond acceptors (Lipinski definition) is 2. The van der Waals surface area contributed by atoms with Crippen LogP contribution >= 0.6 is 28.1 Å². The van der Waals surface area contributed by atoms with E-state index in [9.17, 15) is 4.79 Å². The van der Waals surface area contributed by atoms with E-state index in [0.717, 1.165) is 15.6 Å². The van der Waals surface area contributed by atoms with Crippen molar-refractivity contribution in [2.75, 3.05) is 0 Å². The van der Waals surface area contributed by atoms with Crippen molar-refractivity contribution in [1.82, 2.24) is 10.6 Å². The van der Waals surface area contributed by atoms with Crippen LogP contribution in [0.25, 0.3) is 0 Å². The van der Waals surface area contributed by atoms with Gasteiger partial charge in [0.2, 0.25) is 0 Å². The minimum absolute atomic E-state index is 0.101. The second-order valence-corrected chi connectivity index (χ2v) is 4.67. The SMILES string of the molecule is Cc1ccc(C2NC(=S)NC2=O)cc1Br. The molecule has 0 spiro atoms. The first kappa shape index (κ1) is 10.6. The molecule has 0 aliphatic carbocycles. The van der Waals surface area contributed by atoms with Gasteiger partial charge in [-0.25, -0.2) is 0 Å². The van der Waals surface area contributed by atoms with Crippen molar-refractivity contribution in [2.45, 2.75) is 13.0 Å². The predicted octanol–water partition coefficient (Wildman–Crippen LogP) is 1.80. The highest BCUT2D eigenvalue weighted by atomic mass is 79.9. The van der Waals surface area contributed by atoms with Crippen LogP contribution in [-0.2, 0) is 4.79 Å². The first-order chi connectivity index (χ1) is 7.08. The molecule has 15 heavy (non-hydrogen) atoms. The smallest absolute Gasteiger partial charge is 0.253 e. The summed E-state index contributed by atoms with van der Waals surface area (Å²) in [6.45, 7) is 2.00. The zero-order valence-electron chi connectivity index (χ0n) is 8.00. The van der Waals surface area contributed by atoms with Gasteiger partial charge < -0.3 is 10.6 Å². The summed E-state index contributed by atoms with van der Waals surface area (Å²) in [7, 11) is 0. The lowest BCUT2D eigenvalue weighted by Crippen LogP contribution is -2.21. The van der Waals surface area contributed by atoms with E-state index in [0.29, 0.717) is 5.11 Å². The Bertz CT molecular complexity index is 447. The molecule has 3 nitrogen and oxygen atoms in total. The first-order valence-corrected chi connectivity index (χ1v) is 5.65. The summed E-state index contributed by atoms with van der Waals surface area (Å²) >= 11 is 8.31. The van der Waals surface area contributed by atoms with Gasteiger partial charge in [0.15, 0.2) is 5.11 Å². The molecule has 1 fully saturated rings. The molecule has 0 saturated carbocycles. The summed E-state index contributed by atoms with van der Waals surface area (Å²) < 4.78 is 0.993. The Balaban J connectivity index is 2.34. The highest BCUT2D eigenvalue weighted by Crippen LogP contribution is 2.23. The van der Waals surface area contributed by atoms with Crippen LogP contribution in [0.1, 0.15) is 17.2 Å². The number of thiocarbonyl (C=S) groups is 1. The van der Waals surface area contributed by atoms with Gasteiger partial charge in [-0.15, -0.1) is 0 Å². The molecule has 1 atom stereocenters. The molecule has 5 heteroatoms. The molecule has 0 bridgehead atoms. The lowest BCUT2D eigenvalue weighted by atomic mass is 10.1. The molecule has 1 aliphatic rings. The van der Waals surface area contributed by atoms with E-state index in [4.69, 9.17) is 12.2 Å². The largest absolute Gasteiger partial charge is 0.347 e. The monoisotopic (exact) mass is 284 g/mol. The Hall–Kier alpha value is -0.940. The van der Waals surface area contributed by atoms with E-state index < -0.39 is 0 Å². The maximum Gasteiger partial charge on any atom is 0.253 e. The van der Waals surface area contributed by atoms with Crippen molar-refractivity contribution in [1.29, 1.82) is 0 Å². The number of halogens is 1. The van der Waals surface area contributed by atoms with Crippen LogP contribution in [0.4, 0.5) is 0 Å². The molecule has 2 rings (SSSR count). The van der Waals surface area contributed by atoms with Gasteiger partial charge in [0.25, 0.3) is 5.91 Å². The van der Waals surface area contributed by atoms with E-state index in [-0.39, 0.29) is 11.9 Å². The van der Waals surface area contributed by atoms with Gasteiger partial charge in [0.05, 0.1) is 0 Å². The third-order valence-corrected chi connectivity index (χ3v) is 3.38. The zero-order valence-corrected chi connectivity index (χ0v) is 10.4. The third-order valence-electron chi connectivity index (χ3n) is 2.30. The average molecular weight is 285 g/mol. The van der Waals surface area contributed by atoms with Crippen LogP contribution < -0.4 is 10.6 Å². The predicted molar refractivity (Wildman–Crippen MR) is 65.5 cm³/mol. The Morgan fingerprint density at radius 2 is 2.20 bits per heavy atom. The van der Waals surface area contributed by atoms with Gasteiger partial charge in [-0.2, -0.15) is 0 Å². The maximum absolute atomic E-state index is 11.5.